The van der Waals surface area contributed by atoms with E-state index in [0.29, 0.717) is 6.04 Å². The molecule has 1 aliphatic heterocycles. The molecule has 16 heavy (non-hydrogen) atoms. The summed E-state index contributed by atoms with van der Waals surface area (Å²) in [5, 5.41) is 0. The van der Waals surface area contributed by atoms with Gasteiger partial charge in [0.2, 0.25) is 0 Å². The van der Waals surface area contributed by atoms with Crippen LogP contribution in [0.3, 0.4) is 0 Å². The molecule has 1 aliphatic rings. The Morgan fingerprint density at radius 3 is 2.62 bits per heavy atom. The minimum absolute atomic E-state index is 0.573. The molecular formula is C13H21N3. The highest BCUT2D eigenvalue weighted by Crippen LogP contribution is 2.32. The van der Waals surface area contributed by atoms with Crippen LogP contribution in [-0.2, 0) is 0 Å². The van der Waals surface area contributed by atoms with E-state index in [4.69, 9.17) is 0 Å². The maximum absolute atomic E-state index is 4.65. The number of aromatic nitrogens is 1. The van der Waals surface area contributed by atoms with Gasteiger partial charge in [0, 0.05) is 25.8 Å². The fourth-order valence-corrected chi connectivity index (χ4v) is 2.46. The van der Waals surface area contributed by atoms with Gasteiger partial charge in [-0.15, -0.1) is 0 Å². The van der Waals surface area contributed by atoms with Gasteiger partial charge in [-0.1, -0.05) is 6.07 Å². The minimum Gasteiger partial charge on any atom is -0.363 e. The van der Waals surface area contributed by atoms with Crippen LogP contribution in [-0.4, -0.2) is 37.6 Å². The number of pyridine rings is 1. The van der Waals surface area contributed by atoms with E-state index < -0.39 is 0 Å². The van der Waals surface area contributed by atoms with E-state index in [1.807, 2.05) is 14.1 Å². The molecule has 2 rings (SSSR count). The van der Waals surface area contributed by atoms with E-state index in [0.717, 1.165) is 5.82 Å². The Morgan fingerprint density at radius 2 is 2.12 bits per heavy atom. The summed E-state index contributed by atoms with van der Waals surface area (Å²) in [4.78, 5) is 9.13. The Balaban J connectivity index is 2.28. The van der Waals surface area contributed by atoms with Gasteiger partial charge in [-0.3, -0.25) is 4.90 Å². The van der Waals surface area contributed by atoms with E-state index in [9.17, 15) is 0 Å². The molecule has 3 heteroatoms. The third-order valence-electron chi connectivity index (χ3n) is 3.45. The summed E-state index contributed by atoms with van der Waals surface area (Å²) in [6, 6.07) is 4.93. The summed E-state index contributed by atoms with van der Waals surface area (Å²) < 4.78 is 0. The molecule has 2 heterocycles. The first kappa shape index (κ1) is 11.4. The van der Waals surface area contributed by atoms with Crippen LogP contribution in [0.4, 0.5) is 5.82 Å². The van der Waals surface area contributed by atoms with Gasteiger partial charge in [-0.25, -0.2) is 4.98 Å². The van der Waals surface area contributed by atoms with Crippen molar-refractivity contribution in [2.45, 2.75) is 25.8 Å². The van der Waals surface area contributed by atoms with E-state index in [1.54, 1.807) is 0 Å². The monoisotopic (exact) mass is 219 g/mol. The SMILES string of the molecule is Cc1nc(N(C)C)ccc1[C@@H]1CCCN1C. The second kappa shape index (κ2) is 4.42. The van der Waals surface area contributed by atoms with Gasteiger partial charge in [0.15, 0.2) is 0 Å². The summed E-state index contributed by atoms with van der Waals surface area (Å²) in [5.74, 6) is 1.04. The highest BCUT2D eigenvalue weighted by Gasteiger charge is 2.24. The van der Waals surface area contributed by atoms with Gasteiger partial charge in [-0.05, 0) is 45.0 Å². The predicted molar refractivity (Wildman–Crippen MR) is 67.9 cm³/mol. The van der Waals surface area contributed by atoms with E-state index in [-0.39, 0.29) is 0 Å². The third kappa shape index (κ3) is 2.05. The summed E-state index contributed by atoms with van der Waals surface area (Å²) in [5.41, 5.74) is 2.57. The van der Waals surface area contributed by atoms with Crippen LogP contribution in [0.2, 0.25) is 0 Å². The number of nitrogens with zero attached hydrogens (tertiary/aromatic N) is 3. The predicted octanol–water partition coefficient (Wildman–Crippen LogP) is 2.22. The molecule has 0 aliphatic carbocycles. The molecule has 1 atom stereocenters. The van der Waals surface area contributed by atoms with Crippen molar-refractivity contribution in [2.75, 3.05) is 32.6 Å². The Morgan fingerprint density at radius 1 is 1.38 bits per heavy atom. The second-order valence-corrected chi connectivity index (χ2v) is 4.88. The first-order valence-electron chi connectivity index (χ1n) is 5.94. The number of rotatable bonds is 2. The summed E-state index contributed by atoms with van der Waals surface area (Å²) in [6.45, 7) is 3.33. The van der Waals surface area contributed by atoms with Crippen molar-refractivity contribution >= 4 is 5.82 Å². The van der Waals surface area contributed by atoms with Crippen molar-refractivity contribution in [3.05, 3.63) is 23.4 Å². The summed E-state index contributed by atoms with van der Waals surface area (Å²) >= 11 is 0. The first-order chi connectivity index (χ1) is 7.59. The first-order valence-corrected chi connectivity index (χ1v) is 5.94. The number of anilines is 1. The lowest BCUT2D eigenvalue weighted by molar-refractivity contribution is 0.316. The lowest BCUT2D eigenvalue weighted by atomic mass is 10.0. The van der Waals surface area contributed by atoms with Crippen molar-refractivity contribution in [1.82, 2.24) is 9.88 Å². The maximum Gasteiger partial charge on any atom is 0.128 e. The molecule has 1 aromatic rings. The lowest BCUT2D eigenvalue weighted by Gasteiger charge is -2.22. The Bertz CT molecular complexity index is 373. The van der Waals surface area contributed by atoms with Crippen molar-refractivity contribution < 1.29 is 0 Å². The average molecular weight is 219 g/mol. The van der Waals surface area contributed by atoms with Gasteiger partial charge < -0.3 is 4.90 Å². The summed E-state index contributed by atoms with van der Waals surface area (Å²) in [7, 11) is 6.27. The zero-order chi connectivity index (χ0) is 11.7. The van der Waals surface area contributed by atoms with Crippen LogP contribution in [0.25, 0.3) is 0 Å². The molecule has 0 N–H and O–H groups in total. The molecular weight excluding hydrogens is 198 g/mol. The maximum atomic E-state index is 4.65. The van der Waals surface area contributed by atoms with Crippen molar-refractivity contribution in [3.63, 3.8) is 0 Å². The number of aryl methyl sites for hydroxylation is 1. The second-order valence-electron chi connectivity index (χ2n) is 4.88. The number of likely N-dealkylation sites (tertiary alicyclic amines) is 1. The minimum atomic E-state index is 0.573. The van der Waals surface area contributed by atoms with Crippen LogP contribution in [0, 0.1) is 6.92 Å². The molecule has 88 valence electrons. The third-order valence-corrected chi connectivity index (χ3v) is 3.45. The molecule has 0 saturated carbocycles. The Kier molecular flexibility index (Phi) is 3.15. The quantitative estimate of drug-likeness (QED) is 0.760. The molecule has 0 radical (unpaired) electrons. The Hall–Kier alpha value is -1.09. The van der Waals surface area contributed by atoms with Crippen LogP contribution < -0.4 is 4.90 Å². The molecule has 3 nitrogen and oxygen atoms in total. The van der Waals surface area contributed by atoms with Gasteiger partial charge >= 0.3 is 0 Å². The van der Waals surface area contributed by atoms with Gasteiger partial charge in [0.05, 0.1) is 0 Å². The number of hydrogen-bond donors (Lipinski definition) is 0. The van der Waals surface area contributed by atoms with Gasteiger partial charge in [0.1, 0.15) is 5.82 Å². The topological polar surface area (TPSA) is 19.4 Å². The normalized spacial score (nSPS) is 21.4. The molecule has 0 bridgehead atoms. The van der Waals surface area contributed by atoms with Gasteiger partial charge in [-0.2, -0.15) is 0 Å². The van der Waals surface area contributed by atoms with Crippen LogP contribution >= 0.6 is 0 Å². The van der Waals surface area contributed by atoms with Crippen molar-refractivity contribution in [1.29, 1.82) is 0 Å². The van der Waals surface area contributed by atoms with Crippen molar-refractivity contribution in [3.8, 4) is 0 Å². The van der Waals surface area contributed by atoms with Crippen LogP contribution in [0.5, 0.6) is 0 Å². The molecule has 1 fully saturated rings. The molecule has 0 unspecified atom stereocenters. The standard InChI is InChI=1S/C13H21N3/c1-10-11(12-6-5-9-16(12)4)7-8-13(14-10)15(2)3/h7-8,12H,5-6,9H2,1-4H3/t12-/m0/s1. The fourth-order valence-electron chi connectivity index (χ4n) is 2.46. The molecule has 1 aromatic heterocycles. The zero-order valence-corrected chi connectivity index (χ0v) is 10.7. The highest BCUT2D eigenvalue weighted by molar-refractivity contribution is 5.41. The van der Waals surface area contributed by atoms with E-state index >= 15 is 0 Å². The Labute approximate surface area is 98.1 Å². The largest absolute Gasteiger partial charge is 0.363 e. The highest BCUT2D eigenvalue weighted by atomic mass is 15.2. The molecule has 0 amide bonds. The molecule has 0 aromatic carbocycles. The fraction of sp³-hybridized carbons (Fsp3) is 0.615. The number of hydrogen-bond acceptors (Lipinski definition) is 3. The van der Waals surface area contributed by atoms with Crippen LogP contribution in [0.1, 0.15) is 30.1 Å². The van der Waals surface area contributed by atoms with Crippen LogP contribution in [0.15, 0.2) is 12.1 Å². The molecule has 1 saturated heterocycles. The molecule has 0 spiro atoms. The van der Waals surface area contributed by atoms with E-state index in [2.05, 4.69) is 40.9 Å². The lowest BCUT2D eigenvalue weighted by Crippen LogP contribution is -2.19. The average Bonchev–Trinajstić information content (AvgIpc) is 2.64. The zero-order valence-electron chi connectivity index (χ0n) is 10.7. The smallest absolute Gasteiger partial charge is 0.128 e. The summed E-state index contributed by atoms with van der Waals surface area (Å²) in [6.07, 6.45) is 2.57. The van der Waals surface area contributed by atoms with Gasteiger partial charge in [0.25, 0.3) is 0 Å². The van der Waals surface area contributed by atoms with E-state index in [1.165, 1.54) is 30.6 Å². The van der Waals surface area contributed by atoms with Crippen molar-refractivity contribution in [2.24, 2.45) is 0 Å².